The summed E-state index contributed by atoms with van der Waals surface area (Å²) >= 11 is 1.73. The van der Waals surface area contributed by atoms with Crippen molar-refractivity contribution in [1.29, 1.82) is 0 Å². The predicted octanol–water partition coefficient (Wildman–Crippen LogP) is 4.27. The maximum absolute atomic E-state index is 13.0. The van der Waals surface area contributed by atoms with Gasteiger partial charge in [0, 0.05) is 37.2 Å². The molecular formula is C21H21N3O2S. The highest BCUT2D eigenvalue weighted by Gasteiger charge is 2.27. The topological polar surface area (TPSA) is 62.3 Å². The van der Waals surface area contributed by atoms with Crippen LogP contribution in [-0.2, 0) is 4.79 Å². The summed E-state index contributed by atoms with van der Waals surface area (Å²) in [5, 5.41) is 3.85. The van der Waals surface area contributed by atoms with E-state index in [1.54, 1.807) is 35.6 Å². The molecule has 1 saturated heterocycles. The number of hydrogen-bond donors (Lipinski definition) is 1. The Labute approximate surface area is 162 Å². The van der Waals surface area contributed by atoms with E-state index in [9.17, 15) is 9.59 Å². The first-order chi connectivity index (χ1) is 13.1. The molecule has 1 atom stereocenters. The summed E-state index contributed by atoms with van der Waals surface area (Å²) < 4.78 is 1.19. The van der Waals surface area contributed by atoms with E-state index in [2.05, 4.69) is 11.4 Å². The van der Waals surface area contributed by atoms with Gasteiger partial charge in [-0.3, -0.25) is 9.59 Å². The molecule has 0 saturated carbocycles. The third kappa shape index (κ3) is 3.85. The molecule has 2 heterocycles. The SMILES string of the molecule is CC(=O)Nc1cccc(C(=O)N2CCC[C@H](c3nc4ccccc4s3)C2)c1. The molecule has 27 heavy (non-hydrogen) atoms. The lowest BCUT2D eigenvalue weighted by atomic mass is 9.98. The van der Waals surface area contributed by atoms with Crippen LogP contribution in [0.4, 0.5) is 5.69 Å². The number of benzene rings is 2. The number of carbonyl (C=O) groups excluding carboxylic acids is 2. The Hall–Kier alpha value is -2.73. The van der Waals surface area contributed by atoms with Crippen LogP contribution in [0.15, 0.2) is 48.5 Å². The molecule has 5 nitrogen and oxygen atoms in total. The van der Waals surface area contributed by atoms with Crippen LogP contribution in [0, 0.1) is 0 Å². The number of thiazole rings is 1. The molecule has 0 aliphatic carbocycles. The van der Waals surface area contributed by atoms with Crippen molar-refractivity contribution >= 4 is 39.1 Å². The van der Waals surface area contributed by atoms with E-state index in [0.29, 0.717) is 17.8 Å². The summed E-state index contributed by atoms with van der Waals surface area (Å²) in [7, 11) is 0. The number of anilines is 1. The Morgan fingerprint density at radius 1 is 1.19 bits per heavy atom. The van der Waals surface area contributed by atoms with Gasteiger partial charge in [0.2, 0.25) is 5.91 Å². The van der Waals surface area contributed by atoms with Crippen molar-refractivity contribution in [3.05, 3.63) is 59.1 Å². The van der Waals surface area contributed by atoms with Crippen molar-refractivity contribution in [3.63, 3.8) is 0 Å². The Morgan fingerprint density at radius 2 is 2.04 bits per heavy atom. The number of nitrogens with one attached hydrogen (secondary N) is 1. The zero-order chi connectivity index (χ0) is 18.8. The minimum atomic E-state index is -0.145. The standard InChI is InChI=1S/C21H21N3O2S/c1-14(25)22-17-8-4-6-15(12-17)21(26)24-11-5-7-16(13-24)20-23-18-9-2-3-10-19(18)27-20/h2-4,6,8-10,12,16H,5,7,11,13H2,1H3,(H,22,25)/t16-/m0/s1. The number of amides is 2. The van der Waals surface area contributed by atoms with Gasteiger partial charge < -0.3 is 10.2 Å². The normalized spacial score (nSPS) is 17.1. The number of carbonyl (C=O) groups is 2. The lowest BCUT2D eigenvalue weighted by molar-refractivity contribution is -0.114. The zero-order valence-electron chi connectivity index (χ0n) is 15.1. The van der Waals surface area contributed by atoms with Crippen LogP contribution in [0.2, 0.25) is 0 Å². The first kappa shape index (κ1) is 17.7. The number of nitrogens with zero attached hydrogens (tertiary/aromatic N) is 2. The van der Waals surface area contributed by atoms with Crippen molar-refractivity contribution in [2.75, 3.05) is 18.4 Å². The van der Waals surface area contributed by atoms with Gasteiger partial charge in [0.25, 0.3) is 5.91 Å². The van der Waals surface area contributed by atoms with Crippen molar-refractivity contribution in [2.24, 2.45) is 0 Å². The van der Waals surface area contributed by atoms with Gasteiger partial charge in [-0.1, -0.05) is 18.2 Å². The Morgan fingerprint density at radius 3 is 2.85 bits per heavy atom. The number of aromatic nitrogens is 1. The van der Waals surface area contributed by atoms with Gasteiger partial charge in [0.15, 0.2) is 0 Å². The maximum Gasteiger partial charge on any atom is 0.253 e. The van der Waals surface area contributed by atoms with E-state index in [-0.39, 0.29) is 17.7 Å². The fraction of sp³-hybridized carbons (Fsp3) is 0.286. The lowest BCUT2D eigenvalue weighted by Crippen LogP contribution is -2.39. The van der Waals surface area contributed by atoms with Crippen molar-refractivity contribution < 1.29 is 9.59 Å². The number of rotatable bonds is 3. The lowest BCUT2D eigenvalue weighted by Gasteiger charge is -2.32. The van der Waals surface area contributed by atoms with Crippen LogP contribution in [0.25, 0.3) is 10.2 Å². The molecule has 0 unspecified atom stereocenters. The number of piperidine rings is 1. The number of para-hydroxylation sites is 1. The molecule has 1 aliphatic heterocycles. The fourth-order valence-corrected chi connectivity index (χ4v) is 4.64. The molecule has 1 N–H and O–H groups in total. The van der Waals surface area contributed by atoms with Crippen LogP contribution < -0.4 is 5.32 Å². The number of fused-ring (bicyclic) bond motifs is 1. The Kier molecular flexibility index (Phi) is 4.90. The average Bonchev–Trinajstić information content (AvgIpc) is 3.11. The first-order valence-electron chi connectivity index (χ1n) is 9.12. The monoisotopic (exact) mass is 379 g/mol. The predicted molar refractivity (Wildman–Crippen MR) is 108 cm³/mol. The molecule has 2 aromatic carbocycles. The van der Waals surface area contributed by atoms with Gasteiger partial charge >= 0.3 is 0 Å². The highest BCUT2D eigenvalue weighted by Crippen LogP contribution is 2.33. The van der Waals surface area contributed by atoms with Crippen LogP contribution >= 0.6 is 11.3 Å². The summed E-state index contributed by atoms with van der Waals surface area (Å²) in [5.41, 5.74) is 2.28. The maximum atomic E-state index is 13.0. The van der Waals surface area contributed by atoms with Gasteiger partial charge in [-0.25, -0.2) is 4.98 Å². The van der Waals surface area contributed by atoms with Crippen LogP contribution in [0.1, 0.15) is 41.0 Å². The smallest absolute Gasteiger partial charge is 0.253 e. The van der Waals surface area contributed by atoms with Gasteiger partial charge in [0.1, 0.15) is 0 Å². The molecule has 4 rings (SSSR count). The van der Waals surface area contributed by atoms with E-state index in [1.165, 1.54) is 11.6 Å². The second-order valence-corrected chi connectivity index (χ2v) is 7.93. The molecule has 1 fully saturated rings. The van der Waals surface area contributed by atoms with Crippen molar-refractivity contribution in [3.8, 4) is 0 Å². The molecule has 1 aromatic heterocycles. The molecule has 1 aliphatic rings. The van der Waals surface area contributed by atoms with Crippen LogP contribution in [-0.4, -0.2) is 34.8 Å². The zero-order valence-corrected chi connectivity index (χ0v) is 16.0. The summed E-state index contributed by atoms with van der Waals surface area (Å²) in [6.07, 6.45) is 2.02. The van der Waals surface area contributed by atoms with E-state index in [0.717, 1.165) is 29.9 Å². The molecule has 138 valence electrons. The van der Waals surface area contributed by atoms with Gasteiger partial charge in [-0.05, 0) is 43.2 Å². The van der Waals surface area contributed by atoms with Crippen LogP contribution in [0.3, 0.4) is 0 Å². The number of hydrogen-bond acceptors (Lipinski definition) is 4. The first-order valence-corrected chi connectivity index (χ1v) is 9.94. The molecule has 6 heteroatoms. The van der Waals surface area contributed by atoms with E-state index < -0.39 is 0 Å². The molecule has 0 radical (unpaired) electrons. The van der Waals surface area contributed by atoms with Crippen molar-refractivity contribution in [1.82, 2.24) is 9.88 Å². The fourth-order valence-electron chi connectivity index (χ4n) is 3.54. The Bertz CT molecular complexity index is 965. The summed E-state index contributed by atoms with van der Waals surface area (Å²) in [5.74, 6) is 0.139. The second-order valence-electron chi connectivity index (χ2n) is 6.87. The van der Waals surface area contributed by atoms with E-state index >= 15 is 0 Å². The van der Waals surface area contributed by atoms with E-state index in [4.69, 9.17) is 4.98 Å². The highest BCUT2D eigenvalue weighted by molar-refractivity contribution is 7.18. The van der Waals surface area contributed by atoms with E-state index in [1.807, 2.05) is 23.1 Å². The third-order valence-corrected chi connectivity index (χ3v) is 6.00. The summed E-state index contributed by atoms with van der Waals surface area (Å²) in [6, 6.07) is 15.3. The highest BCUT2D eigenvalue weighted by atomic mass is 32.1. The average molecular weight is 379 g/mol. The van der Waals surface area contributed by atoms with Crippen molar-refractivity contribution in [2.45, 2.75) is 25.7 Å². The van der Waals surface area contributed by atoms with Gasteiger partial charge in [-0.2, -0.15) is 0 Å². The molecule has 3 aromatic rings. The van der Waals surface area contributed by atoms with Crippen LogP contribution in [0.5, 0.6) is 0 Å². The van der Waals surface area contributed by atoms with Gasteiger partial charge in [-0.15, -0.1) is 11.3 Å². The largest absolute Gasteiger partial charge is 0.338 e. The molecule has 2 amide bonds. The summed E-state index contributed by atoms with van der Waals surface area (Å²) in [6.45, 7) is 2.90. The minimum absolute atomic E-state index is 0.00742. The van der Waals surface area contributed by atoms with Gasteiger partial charge in [0.05, 0.1) is 15.2 Å². The minimum Gasteiger partial charge on any atom is -0.338 e. The molecule has 0 bridgehead atoms. The third-order valence-electron chi connectivity index (χ3n) is 4.80. The summed E-state index contributed by atoms with van der Waals surface area (Å²) in [4.78, 5) is 30.9. The number of likely N-dealkylation sites (tertiary alicyclic amines) is 1. The second kappa shape index (κ2) is 7.48. The quantitative estimate of drug-likeness (QED) is 0.739. The molecule has 0 spiro atoms. The Balaban J connectivity index is 1.52. The molecular weight excluding hydrogens is 358 g/mol.